The van der Waals surface area contributed by atoms with Gasteiger partial charge in [-0.2, -0.15) is 0 Å². The van der Waals surface area contributed by atoms with Crippen LogP contribution >= 0.6 is 0 Å². The highest BCUT2D eigenvalue weighted by molar-refractivity contribution is 5.36. The fourth-order valence-corrected chi connectivity index (χ4v) is 1.13. The minimum atomic E-state index is -0.516. The van der Waals surface area contributed by atoms with E-state index >= 15 is 0 Å². The highest BCUT2D eigenvalue weighted by atomic mass is 19.1. The molecule has 0 atom stereocenters. The summed E-state index contributed by atoms with van der Waals surface area (Å²) in [6, 6.07) is 0. The summed E-state index contributed by atoms with van der Waals surface area (Å²) < 4.78 is 18.4. The molecule has 3 N–H and O–H groups in total. The number of ether oxygens (including phenoxy) is 1. The average Bonchev–Trinajstić information content (AvgIpc) is 2.23. The molecule has 1 heterocycles. The van der Waals surface area contributed by atoms with Gasteiger partial charge in [-0.1, -0.05) is 0 Å². The highest BCUT2D eigenvalue weighted by Crippen LogP contribution is 2.12. The molecule has 15 heavy (non-hydrogen) atoms. The monoisotopic (exact) mass is 214 g/mol. The van der Waals surface area contributed by atoms with Crippen molar-refractivity contribution in [3.05, 3.63) is 17.3 Å². The maximum Gasteiger partial charge on any atom is 0.187 e. The molecule has 1 aromatic rings. The van der Waals surface area contributed by atoms with E-state index in [9.17, 15) is 4.39 Å². The van der Waals surface area contributed by atoms with E-state index in [1.54, 1.807) is 6.92 Å². The second-order valence-electron chi connectivity index (χ2n) is 2.98. The fourth-order valence-electron chi connectivity index (χ4n) is 1.13. The summed E-state index contributed by atoms with van der Waals surface area (Å²) >= 11 is 0. The quantitative estimate of drug-likeness (QED) is 0.430. The Morgan fingerprint density at radius 2 is 2.20 bits per heavy atom. The van der Waals surface area contributed by atoms with Crippen molar-refractivity contribution in [2.24, 2.45) is 5.84 Å². The van der Waals surface area contributed by atoms with E-state index in [0.717, 1.165) is 0 Å². The lowest BCUT2D eigenvalue weighted by atomic mass is 10.3. The zero-order valence-corrected chi connectivity index (χ0v) is 8.88. The van der Waals surface area contributed by atoms with Crippen LogP contribution in [0, 0.1) is 12.7 Å². The Morgan fingerprint density at radius 3 is 2.80 bits per heavy atom. The van der Waals surface area contributed by atoms with Gasteiger partial charge < -0.3 is 10.2 Å². The van der Waals surface area contributed by atoms with Crippen LogP contribution in [-0.4, -0.2) is 23.2 Å². The van der Waals surface area contributed by atoms with E-state index in [4.69, 9.17) is 10.6 Å². The van der Waals surface area contributed by atoms with Gasteiger partial charge in [0.1, 0.15) is 5.82 Å². The van der Waals surface area contributed by atoms with Gasteiger partial charge in [-0.3, -0.25) is 0 Å². The minimum absolute atomic E-state index is 0.0222. The largest absolute Gasteiger partial charge is 0.381 e. The summed E-state index contributed by atoms with van der Waals surface area (Å²) in [7, 11) is 0. The molecular weight excluding hydrogens is 199 g/mol. The Morgan fingerprint density at radius 1 is 1.47 bits per heavy atom. The number of aromatic nitrogens is 2. The Labute approximate surface area is 87.8 Å². The number of rotatable bonds is 5. The minimum Gasteiger partial charge on any atom is -0.381 e. The maximum atomic E-state index is 13.3. The van der Waals surface area contributed by atoms with Gasteiger partial charge in [0.15, 0.2) is 11.6 Å². The van der Waals surface area contributed by atoms with Crippen LogP contribution in [0.1, 0.15) is 18.4 Å². The van der Waals surface area contributed by atoms with E-state index in [0.29, 0.717) is 25.5 Å². The molecule has 0 aromatic carbocycles. The summed E-state index contributed by atoms with van der Waals surface area (Å²) in [6.07, 6.45) is 0.545. The van der Waals surface area contributed by atoms with E-state index in [-0.39, 0.29) is 11.5 Å². The van der Waals surface area contributed by atoms with Crippen molar-refractivity contribution in [1.82, 2.24) is 9.97 Å². The zero-order valence-electron chi connectivity index (χ0n) is 8.88. The molecule has 84 valence electrons. The molecular formula is C9H15FN4O. The molecule has 0 radical (unpaired) electrons. The highest BCUT2D eigenvalue weighted by Gasteiger charge is 2.09. The number of hydrogen-bond acceptors (Lipinski definition) is 5. The summed E-state index contributed by atoms with van der Waals surface area (Å²) in [6.45, 7) is 4.64. The van der Waals surface area contributed by atoms with E-state index in [2.05, 4.69) is 15.4 Å². The number of nitrogens with one attached hydrogen (secondary N) is 1. The number of hydrogen-bond donors (Lipinski definition) is 2. The number of hydrazine groups is 1. The SMILES string of the molecule is CCOCCc1nc(C)c(F)c(NN)n1. The molecule has 0 amide bonds. The third-order valence-corrected chi connectivity index (χ3v) is 1.87. The molecule has 0 bridgehead atoms. The van der Waals surface area contributed by atoms with Crippen molar-refractivity contribution in [3.63, 3.8) is 0 Å². The van der Waals surface area contributed by atoms with Crippen LogP contribution in [0.25, 0.3) is 0 Å². The lowest BCUT2D eigenvalue weighted by Crippen LogP contribution is -2.14. The third-order valence-electron chi connectivity index (χ3n) is 1.87. The Bertz CT molecular complexity index is 332. The van der Waals surface area contributed by atoms with Crippen LogP contribution in [0.3, 0.4) is 0 Å². The molecule has 5 nitrogen and oxygen atoms in total. The van der Waals surface area contributed by atoms with Gasteiger partial charge in [0.25, 0.3) is 0 Å². The molecule has 0 aliphatic rings. The van der Waals surface area contributed by atoms with Gasteiger partial charge in [0.05, 0.1) is 12.3 Å². The first-order valence-electron chi connectivity index (χ1n) is 4.76. The van der Waals surface area contributed by atoms with Crippen LogP contribution in [0.4, 0.5) is 10.2 Å². The van der Waals surface area contributed by atoms with Gasteiger partial charge in [0.2, 0.25) is 0 Å². The third kappa shape index (κ3) is 3.10. The summed E-state index contributed by atoms with van der Waals surface area (Å²) in [5, 5.41) is 0. The van der Waals surface area contributed by atoms with Crippen molar-refractivity contribution in [3.8, 4) is 0 Å². The molecule has 0 spiro atoms. The Hall–Kier alpha value is -1.27. The van der Waals surface area contributed by atoms with Crippen LogP contribution in [0.2, 0.25) is 0 Å². The Kier molecular flexibility index (Phi) is 4.38. The number of nitrogens with two attached hydrogens (primary N) is 1. The zero-order chi connectivity index (χ0) is 11.3. The van der Waals surface area contributed by atoms with E-state index < -0.39 is 5.82 Å². The number of aryl methyl sites for hydroxylation is 1. The first-order chi connectivity index (χ1) is 7.19. The molecule has 0 fully saturated rings. The fraction of sp³-hybridized carbons (Fsp3) is 0.556. The standard InChI is InChI=1S/C9H15FN4O/c1-3-15-5-4-7-12-6(2)8(10)9(13-7)14-11/h3-5,11H2,1-2H3,(H,12,13,14). The normalized spacial score (nSPS) is 10.4. The maximum absolute atomic E-state index is 13.3. The number of nitrogen functional groups attached to an aromatic ring is 1. The van der Waals surface area contributed by atoms with Gasteiger partial charge >= 0.3 is 0 Å². The molecule has 6 heteroatoms. The van der Waals surface area contributed by atoms with Gasteiger partial charge in [-0.05, 0) is 13.8 Å². The smallest absolute Gasteiger partial charge is 0.187 e. The van der Waals surface area contributed by atoms with Crippen molar-refractivity contribution in [2.75, 3.05) is 18.6 Å². The average molecular weight is 214 g/mol. The van der Waals surface area contributed by atoms with E-state index in [1.807, 2.05) is 6.92 Å². The molecule has 1 rings (SSSR count). The van der Waals surface area contributed by atoms with Crippen molar-refractivity contribution in [1.29, 1.82) is 0 Å². The molecule has 0 saturated heterocycles. The van der Waals surface area contributed by atoms with E-state index in [1.165, 1.54) is 0 Å². The summed E-state index contributed by atoms with van der Waals surface area (Å²) in [5.74, 6) is 5.16. The van der Waals surface area contributed by atoms with Crippen molar-refractivity contribution < 1.29 is 9.13 Å². The number of nitrogens with zero attached hydrogens (tertiary/aromatic N) is 2. The molecule has 0 unspecified atom stereocenters. The summed E-state index contributed by atoms with van der Waals surface area (Å²) in [5.41, 5.74) is 2.48. The molecule has 0 saturated carbocycles. The lowest BCUT2D eigenvalue weighted by Gasteiger charge is -2.06. The summed E-state index contributed by atoms with van der Waals surface area (Å²) in [4.78, 5) is 7.91. The van der Waals surface area contributed by atoms with Crippen molar-refractivity contribution >= 4 is 5.82 Å². The van der Waals surface area contributed by atoms with Gasteiger partial charge in [-0.25, -0.2) is 20.2 Å². The lowest BCUT2D eigenvalue weighted by molar-refractivity contribution is 0.149. The predicted molar refractivity (Wildman–Crippen MR) is 54.7 cm³/mol. The molecule has 0 aliphatic carbocycles. The number of anilines is 1. The van der Waals surface area contributed by atoms with Crippen molar-refractivity contribution in [2.45, 2.75) is 20.3 Å². The topological polar surface area (TPSA) is 73.1 Å². The first-order valence-corrected chi connectivity index (χ1v) is 4.76. The molecule has 0 aliphatic heterocycles. The Balaban J connectivity index is 2.77. The van der Waals surface area contributed by atoms with Crippen LogP contribution in [0.5, 0.6) is 0 Å². The van der Waals surface area contributed by atoms with Crippen LogP contribution in [0.15, 0.2) is 0 Å². The number of halogens is 1. The van der Waals surface area contributed by atoms with Crippen LogP contribution in [-0.2, 0) is 11.2 Å². The van der Waals surface area contributed by atoms with Gasteiger partial charge in [-0.15, -0.1) is 0 Å². The first kappa shape index (κ1) is 11.8. The second kappa shape index (κ2) is 5.57. The van der Waals surface area contributed by atoms with Crippen LogP contribution < -0.4 is 11.3 Å². The van der Waals surface area contributed by atoms with Gasteiger partial charge in [0, 0.05) is 13.0 Å². The molecule has 1 aromatic heterocycles. The second-order valence-corrected chi connectivity index (χ2v) is 2.98. The predicted octanol–water partition coefficient (Wildman–Crippen LogP) is 0.789.